The van der Waals surface area contributed by atoms with E-state index in [0.29, 0.717) is 37.9 Å². The molecule has 0 amide bonds. The number of phenolic OH excluding ortho intramolecular Hbond substituents is 1. The summed E-state index contributed by atoms with van der Waals surface area (Å²) in [5.74, 6) is -0.321. The van der Waals surface area contributed by atoms with Crippen molar-refractivity contribution in [2.24, 2.45) is 4.99 Å². The molecule has 0 radical (unpaired) electrons. The third kappa shape index (κ3) is 9.89. The fraction of sp³-hybridized carbons (Fsp3) is 0.562. The maximum absolute atomic E-state index is 13.3. The molecule has 1 aromatic carbocycles. The van der Waals surface area contributed by atoms with Crippen molar-refractivity contribution < 1.29 is 19.0 Å². The molecule has 3 N–H and O–H groups in total. The van der Waals surface area contributed by atoms with E-state index in [1.807, 2.05) is 6.92 Å². The summed E-state index contributed by atoms with van der Waals surface area (Å²) in [5, 5.41) is 15.5. The molecule has 0 bridgehead atoms. The maximum atomic E-state index is 13.3. The van der Waals surface area contributed by atoms with Gasteiger partial charge in [0.15, 0.2) is 17.5 Å². The monoisotopic (exact) mass is 455 g/mol. The molecular formula is C16H27FIN3O3. The topological polar surface area (TPSA) is 75.1 Å². The summed E-state index contributed by atoms with van der Waals surface area (Å²) in [5.41, 5.74) is 0.695. The number of hydrogen-bond donors (Lipinski definition) is 3. The zero-order valence-corrected chi connectivity index (χ0v) is 16.5. The van der Waals surface area contributed by atoms with Gasteiger partial charge in [-0.25, -0.2) is 9.38 Å². The maximum Gasteiger partial charge on any atom is 0.191 e. The minimum Gasteiger partial charge on any atom is -0.505 e. The van der Waals surface area contributed by atoms with Gasteiger partial charge in [-0.1, -0.05) is 6.07 Å². The van der Waals surface area contributed by atoms with Crippen LogP contribution in [0.4, 0.5) is 4.39 Å². The molecule has 0 unspecified atom stereocenters. The van der Waals surface area contributed by atoms with Gasteiger partial charge in [-0.05, 0) is 31.0 Å². The van der Waals surface area contributed by atoms with Crippen molar-refractivity contribution in [1.29, 1.82) is 0 Å². The highest BCUT2D eigenvalue weighted by molar-refractivity contribution is 14.0. The second kappa shape index (κ2) is 14.2. The molecule has 1 aromatic rings. The zero-order valence-electron chi connectivity index (χ0n) is 14.2. The summed E-state index contributed by atoms with van der Waals surface area (Å²) < 4.78 is 23.6. The van der Waals surface area contributed by atoms with Crippen LogP contribution in [0.2, 0.25) is 0 Å². The Labute approximate surface area is 159 Å². The molecule has 0 aromatic heterocycles. The molecule has 0 aliphatic rings. The van der Waals surface area contributed by atoms with Gasteiger partial charge in [-0.3, -0.25) is 0 Å². The second-order valence-electron chi connectivity index (χ2n) is 4.87. The van der Waals surface area contributed by atoms with E-state index in [1.165, 1.54) is 12.1 Å². The number of halogens is 2. The quantitative estimate of drug-likeness (QED) is 0.219. The number of guanidine groups is 1. The van der Waals surface area contributed by atoms with E-state index in [1.54, 1.807) is 13.2 Å². The van der Waals surface area contributed by atoms with Crippen LogP contribution in [0, 0.1) is 5.82 Å². The normalized spacial score (nSPS) is 11.0. The van der Waals surface area contributed by atoms with Crippen molar-refractivity contribution in [3.63, 3.8) is 0 Å². The molecule has 138 valence electrons. The molecule has 6 nitrogen and oxygen atoms in total. The summed E-state index contributed by atoms with van der Waals surface area (Å²) in [6.45, 7) is 5.61. The molecule has 0 aliphatic heterocycles. The van der Waals surface area contributed by atoms with Gasteiger partial charge >= 0.3 is 0 Å². The lowest BCUT2D eigenvalue weighted by Gasteiger charge is -2.11. The SMILES string of the molecule is CCNC(=NCc1ccc(O)c(F)c1)NCCCOCCOC.I. The van der Waals surface area contributed by atoms with Crippen LogP contribution in [0.3, 0.4) is 0 Å². The van der Waals surface area contributed by atoms with E-state index in [0.717, 1.165) is 19.5 Å². The zero-order chi connectivity index (χ0) is 16.9. The number of hydrogen-bond acceptors (Lipinski definition) is 4. The number of phenols is 1. The summed E-state index contributed by atoms with van der Waals surface area (Å²) in [6.07, 6.45) is 0.849. The van der Waals surface area contributed by atoms with Crippen LogP contribution in [-0.2, 0) is 16.0 Å². The number of ether oxygens (including phenoxy) is 2. The lowest BCUT2D eigenvalue weighted by Crippen LogP contribution is -2.38. The molecule has 8 heteroatoms. The largest absolute Gasteiger partial charge is 0.505 e. The van der Waals surface area contributed by atoms with Crippen LogP contribution < -0.4 is 10.6 Å². The standard InChI is InChI=1S/C16H26FN3O3.HI/c1-3-18-16(19-7-4-8-23-10-9-22-2)20-12-13-5-6-15(21)14(17)11-13;/h5-6,11,21H,3-4,7-10,12H2,1-2H3,(H2,18,19,20);1H. The number of rotatable bonds is 10. The van der Waals surface area contributed by atoms with Gasteiger partial charge in [0.2, 0.25) is 0 Å². The van der Waals surface area contributed by atoms with Crippen LogP contribution >= 0.6 is 24.0 Å². The molecule has 0 atom stereocenters. The van der Waals surface area contributed by atoms with Gasteiger partial charge in [0.1, 0.15) is 0 Å². The fourth-order valence-corrected chi connectivity index (χ4v) is 1.79. The Bertz CT molecular complexity index is 490. The summed E-state index contributed by atoms with van der Waals surface area (Å²) in [4.78, 5) is 4.39. The predicted octanol–water partition coefficient (Wildman–Crippen LogP) is 2.26. The number of aliphatic imine (C=N–C) groups is 1. The minimum absolute atomic E-state index is 0. The van der Waals surface area contributed by atoms with Crippen molar-refractivity contribution in [1.82, 2.24) is 10.6 Å². The molecule has 0 spiro atoms. The first-order valence-corrected chi connectivity index (χ1v) is 7.73. The highest BCUT2D eigenvalue weighted by atomic mass is 127. The Hall–Kier alpha value is -1.13. The molecule has 0 fully saturated rings. The van der Waals surface area contributed by atoms with E-state index in [9.17, 15) is 9.50 Å². The van der Waals surface area contributed by atoms with Crippen molar-refractivity contribution in [2.75, 3.05) is 40.0 Å². The van der Waals surface area contributed by atoms with E-state index in [-0.39, 0.29) is 29.7 Å². The molecule has 0 heterocycles. The number of nitrogens with zero attached hydrogens (tertiary/aromatic N) is 1. The number of methoxy groups -OCH3 is 1. The smallest absolute Gasteiger partial charge is 0.191 e. The van der Waals surface area contributed by atoms with Gasteiger partial charge in [-0.15, -0.1) is 24.0 Å². The number of benzene rings is 1. The van der Waals surface area contributed by atoms with Crippen LogP contribution in [-0.4, -0.2) is 51.1 Å². The molecule has 24 heavy (non-hydrogen) atoms. The van der Waals surface area contributed by atoms with Crippen molar-refractivity contribution in [2.45, 2.75) is 19.9 Å². The number of aromatic hydroxyl groups is 1. The number of nitrogens with one attached hydrogen (secondary N) is 2. The van der Waals surface area contributed by atoms with Crippen LogP contribution in [0.15, 0.2) is 23.2 Å². The van der Waals surface area contributed by atoms with E-state index < -0.39 is 5.82 Å². The Balaban J connectivity index is 0.00000529. The third-order valence-corrected chi connectivity index (χ3v) is 2.97. The molecule has 1 rings (SSSR count). The van der Waals surface area contributed by atoms with E-state index >= 15 is 0 Å². The molecule has 0 saturated carbocycles. The summed E-state index contributed by atoms with van der Waals surface area (Å²) >= 11 is 0. The Kier molecular flexibility index (Phi) is 13.6. The van der Waals surface area contributed by atoms with Gasteiger partial charge < -0.3 is 25.2 Å². The Morgan fingerprint density at radius 3 is 2.71 bits per heavy atom. The summed E-state index contributed by atoms with van der Waals surface area (Å²) in [7, 11) is 1.64. The first-order valence-electron chi connectivity index (χ1n) is 7.73. The molecule has 0 aliphatic carbocycles. The van der Waals surface area contributed by atoms with Crippen LogP contribution in [0.5, 0.6) is 5.75 Å². The van der Waals surface area contributed by atoms with Gasteiger partial charge in [0.25, 0.3) is 0 Å². The fourth-order valence-electron chi connectivity index (χ4n) is 1.79. The van der Waals surface area contributed by atoms with Gasteiger partial charge in [0.05, 0.1) is 19.8 Å². The Morgan fingerprint density at radius 1 is 1.25 bits per heavy atom. The first-order chi connectivity index (χ1) is 11.2. The first kappa shape index (κ1) is 22.9. The average Bonchev–Trinajstić information content (AvgIpc) is 2.54. The van der Waals surface area contributed by atoms with Crippen molar-refractivity contribution in [3.05, 3.63) is 29.6 Å². The van der Waals surface area contributed by atoms with Crippen LogP contribution in [0.1, 0.15) is 18.9 Å². The lowest BCUT2D eigenvalue weighted by molar-refractivity contribution is 0.0698. The summed E-state index contributed by atoms with van der Waals surface area (Å²) in [6, 6.07) is 4.26. The second-order valence-corrected chi connectivity index (χ2v) is 4.87. The molecule has 0 saturated heterocycles. The third-order valence-electron chi connectivity index (χ3n) is 2.97. The highest BCUT2D eigenvalue weighted by Crippen LogP contribution is 2.16. The Morgan fingerprint density at radius 2 is 2.04 bits per heavy atom. The highest BCUT2D eigenvalue weighted by Gasteiger charge is 2.02. The molecular weight excluding hydrogens is 428 g/mol. The van der Waals surface area contributed by atoms with Crippen molar-refractivity contribution in [3.8, 4) is 5.75 Å². The average molecular weight is 455 g/mol. The van der Waals surface area contributed by atoms with Gasteiger partial charge in [-0.2, -0.15) is 0 Å². The van der Waals surface area contributed by atoms with E-state index in [4.69, 9.17) is 9.47 Å². The van der Waals surface area contributed by atoms with Crippen LogP contribution in [0.25, 0.3) is 0 Å². The van der Waals surface area contributed by atoms with Crippen molar-refractivity contribution >= 4 is 29.9 Å². The van der Waals surface area contributed by atoms with E-state index in [2.05, 4.69) is 15.6 Å². The predicted molar refractivity (Wildman–Crippen MR) is 104 cm³/mol. The lowest BCUT2D eigenvalue weighted by atomic mass is 10.2. The van der Waals surface area contributed by atoms with Gasteiger partial charge in [0, 0.05) is 26.8 Å². The minimum atomic E-state index is -0.635.